The third-order valence-corrected chi connectivity index (χ3v) is 5.59. The molecule has 2 aromatic carbocycles. The maximum atomic E-state index is 12.5. The number of amides is 2. The van der Waals surface area contributed by atoms with Crippen molar-refractivity contribution in [3.8, 4) is 11.8 Å². The Balaban J connectivity index is 1.41. The maximum Gasteiger partial charge on any atom is 0.300 e. The molecule has 5 rings (SSSR count). The average Bonchev–Trinajstić information content (AvgIpc) is 3.36. The van der Waals surface area contributed by atoms with Crippen LogP contribution >= 0.6 is 11.8 Å². The third-order valence-electron chi connectivity index (χ3n) is 4.71. The molecule has 1 aliphatic rings. The van der Waals surface area contributed by atoms with Crippen LogP contribution in [0.25, 0.3) is 28.1 Å². The molecule has 1 fully saturated rings. The van der Waals surface area contributed by atoms with E-state index in [0.717, 1.165) is 28.2 Å². The van der Waals surface area contributed by atoms with Crippen molar-refractivity contribution in [1.29, 1.82) is 0 Å². The van der Waals surface area contributed by atoms with E-state index in [2.05, 4.69) is 9.97 Å². The molecule has 7 nitrogen and oxygen atoms in total. The number of nitrogens with zero attached hydrogens (tertiary/aromatic N) is 2. The van der Waals surface area contributed by atoms with Gasteiger partial charge in [-0.2, -0.15) is 4.98 Å². The van der Waals surface area contributed by atoms with Crippen LogP contribution in [0.4, 0.5) is 4.79 Å². The minimum Gasteiger partial charge on any atom is -0.457 e. The smallest absolute Gasteiger partial charge is 0.300 e. The first-order chi connectivity index (χ1) is 14.5. The number of imide groups is 1. The van der Waals surface area contributed by atoms with Gasteiger partial charge in [-0.3, -0.25) is 14.5 Å². The summed E-state index contributed by atoms with van der Waals surface area (Å²) in [7, 11) is 0. The third kappa shape index (κ3) is 3.25. The van der Waals surface area contributed by atoms with E-state index in [-0.39, 0.29) is 17.2 Å². The molecule has 0 saturated carbocycles. The van der Waals surface area contributed by atoms with Crippen LogP contribution in [-0.2, 0) is 4.79 Å². The molecule has 150 valence electrons. The van der Waals surface area contributed by atoms with Crippen LogP contribution in [0.1, 0.15) is 19.6 Å². The van der Waals surface area contributed by atoms with Crippen molar-refractivity contribution in [2.45, 2.75) is 19.9 Å². The molecule has 2 aromatic heterocycles. The van der Waals surface area contributed by atoms with Gasteiger partial charge >= 0.3 is 0 Å². The largest absolute Gasteiger partial charge is 0.457 e. The SMILES string of the molecule is CC(C)N1C(=O)S/C(=C\c2cc3ccc(Oc4nc5ccccc5[nH]4)cc3o2)C1=O. The van der Waals surface area contributed by atoms with Crippen LogP contribution < -0.4 is 4.74 Å². The summed E-state index contributed by atoms with van der Waals surface area (Å²) in [5.74, 6) is 0.775. The van der Waals surface area contributed by atoms with Crippen LogP contribution in [-0.4, -0.2) is 32.1 Å². The van der Waals surface area contributed by atoms with Crippen molar-refractivity contribution in [3.05, 3.63) is 59.2 Å². The van der Waals surface area contributed by atoms with Gasteiger partial charge in [0.1, 0.15) is 17.1 Å². The Kier molecular flexibility index (Phi) is 4.36. The summed E-state index contributed by atoms with van der Waals surface area (Å²) in [6.45, 7) is 3.62. The highest BCUT2D eigenvalue weighted by molar-refractivity contribution is 8.18. The van der Waals surface area contributed by atoms with Gasteiger partial charge in [-0.15, -0.1) is 0 Å². The topological polar surface area (TPSA) is 88.4 Å². The van der Waals surface area contributed by atoms with Crippen LogP contribution in [0, 0.1) is 0 Å². The minimum atomic E-state index is -0.297. The van der Waals surface area contributed by atoms with Gasteiger partial charge in [-0.05, 0) is 55.9 Å². The highest BCUT2D eigenvalue weighted by atomic mass is 32.2. The number of furan rings is 1. The molecular formula is C22H17N3O4S. The number of aromatic amines is 1. The number of carbonyl (C=O) groups excluding carboxylic acids is 2. The Morgan fingerprint density at radius 3 is 2.77 bits per heavy atom. The monoisotopic (exact) mass is 419 g/mol. The molecular weight excluding hydrogens is 402 g/mol. The summed E-state index contributed by atoms with van der Waals surface area (Å²) in [5, 5.41) is 0.597. The van der Waals surface area contributed by atoms with Crippen LogP contribution in [0.3, 0.4) is 0 Å². The summed E-state index contributed by atoms with van der Waals surface area (Å²) >= 11 is 0.923. The van der Waals surface area contributed by atoms with Crippen molar-refractivity contribution in [2.75, 3.05) is 0 Å². The summed E-state index contributed by atoms with van der Waals surface area (Å²) in [5.41, 5.74) is 2.33. The fourth-order valence-corrected chi connectivity index (χ4v) is 4.25. The number of imidazole rings is 1. The number of hydrogen-bond acceptors (Lipinski definition) is 6. The molecule has 1 aliphatic heterocycles. The predicted molar refractivity (Wildman–Crippen MR) is 115 cm³/mol. The molecule has 0 atom stereocenters. The number of nitrogens with one attached hydrogen (secondary N) is 1. The lowest BCUT2D eigenvalue weighted by molar-refractivity contribution is -0.123. The van der Waals surface area contributed by atoms with Crippen molar-refractivity contribution in [3.63, 3.8) is 0 Å². The second-order valence-corrected chi connectivity index (χ2v) is 8.15. The first kappa shape index (κ1) is 18.5. The summed E-state index contributed by atoms with van der Waals surface area (Å²) in [4.78, 5) is 33.6. The normalized spacial score (nSPS) is 16.0. The summed E-state index contributed by atoms with van der Waals surface area (Å²) < 4.78 is 11.7. The van der Waals surface area contributed by atoms with Gasteiger partial charge in [0.05, 0.1) is 15.9 Å². The predicted octanol–water partition coefficient (Wildman–Crippen LogP) is 5.55. The number of benzene rings is 2. The van der Waals surface area contributed by atoms with Crippen LogP contribution in [0.2, 0.25) is 0 Å². The lowest BCUT2D eigenvalue weighted by Crippen LogP contribution is -2.34. The van der Waals surface area contributed by atoms with Gasteiger partial charge in [-0.1, -0.05) is 12.1 Å². The average molecular weight is 419 g/mol. The van der Waals surface area contributed by atoms with E-state index in [1.807, 2.05) is 56.3 Å². The molecule has 2 amide bonds. The second kappa shape index (κ2) is 7.07. The molecule has 0 bridgehead atoms. The Morgan fingerprint density at radius 2 is 2.00 bits per heavy atom. The molecule has 1 saturated heterocycles. The quantitative estimate of drug-likeness (QED) is 0.437. The number of thioether (sulfide) groups is 1. The van der Waals surface area contributed by atoms with Crippen molar-refractivity contribution >= 4 is 51.0 Å². The number of rotatable bonds is 4. The molecule has 0 radical (unpaired) electrons. The fourth-order valence-electron chi connectivity index (χ4n) is 3.31. The maximum absolute atomic E-state index is 12.5. The van der Waals surface area contributed by atoms with E-state index in [1.54, 1.807) is 12.1 Å². The summed E-state index contributed by atoms with van der Waals surface area (Å²) in [6.07, 6.45) is 1.60. The zero-order valence-electron chi connectivity index (χ0n) is 16.2. The first-order valence-corrected chi connectivity index (χ1v) is 10.2. The van der Waals surface area contributed by atoms with Crippen molar-refractivity contribution < 1.29 is 18.7 Å². The van der Waals surface area contributed by atoms with E-state index >= 15 is 0 Å². The van der Waals surface area contributed by atoms with E-state index in [1.165, 1.54) is 4.90 Å². The number of fused-ring (bicyclic) bond motifs is 2. The second-order valence-electron chi connectivity index (χ2n) is 7.16. The molecule has 30 heavy (non-hydrogen) atoms. The zero-order chi connectivity index (χ0) is 20.8. The number of H-pyrrole nitrogens is 1. The highest BCUT2D eigenvalue weighted by Crippen LogP contribution is 2.35. The van der Waals surface area contributed by atoms with Gasteiger partial charge in [0.15, 0.2) is 0 Å². The molecule has 0 unspecified atom stereocenters. The Morgan fingerprint density at radius 1 is 1.17 bits per heavy atom. The lowest BCUT2D eigenvalue weighted by Gasteiger charge is -2.16. The minimum absolute atomic E-state index is 0.183. The number of ether oxygens (including phenoxy) is 1. The van der Waals surface area contributed by atoms with Gasteiger partial charge < -0.3 is 14.1 Å². The van der Waals surface area contributed by atoms with E-state index in [0.29, 0.717) is 28.0 Å². The van der Waals surface area contributed by atoms with Crippen LogP contribution in [0.15, 0.2) is 57.9 Å². The standard InChI is InChI=1S/C22H17N3O4S/c1-12(2)25-20(26)19(30-22(25)27)11-15-9-13-7-8-14(10-18(13)28-15)29-21-23-16-5-3-4-6-17(16)24-21/h3-12H,1-2H3,(H,23,24)/b19-11-. The number of carbonyl (C=O) groups is 2. The summed E-state index contributed by atoms with van der Waals surface area (Å²) in [6, 6.07) is 15.2. The first-order valence-electron chi connectivity index (χ1n) is 9.41. The number of aromatic nitrogens is 2. The molecule has 0 spiro atoms. The van der Waals surface area contributed by atoms with Gasteiger partial charge in [0.25, 0.3) is 17.2 Å². The van der Waals surface area contributed by atoms with Crippen molar-refractivity contribution in [1.82, 2.24) is 14.9 Å². The Bertz CT molecular complexity index is 1300. The molecule has 0 aliphatic carbocycles. The van der Waals surface area contributed by atoms with Gasteiger partial charge in [0, 0.05) is 23.6 Å². The van der Waals surface area contributed by atoms with E-state index < -0.39 is 0 Å². The van der Waals surface area contributed by atoms with E-state index in [4.69, 9.17) is 9.15 Å². The lowest BCUT2D eigenvalue weighted by atomic mass is 10.2. The van der Waals surface area contributed by atoms with Crippen LogP contribution in [0.5, 0.6) is 11.8 Å². The number of hydrogen-bond donors (Lipinski definition) is 1. The number of para-hydroxylation sites is 2. The zero-order valence-corrected chi connectivity index (χ0v) is 17.0. The Labute approximate surface area is 175 Å². The van der Waals surface area contributed by atoms with Crippen molar-refractivity contribution in [2.24, 2.45) is 0 Å². The van der Waals surface area contributed by atoms with Gasteiger partial charge in [0.2, 0.25) is 0 Å². The molecule has 8 heteroatoms. The van der Waals surface area contributed by atoms with E-state index in [9.17, 15) is 9.59 Å². The molecule has 3 heterocycles. The highest BCUT2D eigenvalue weighted by Gasteiger charge is 2.36. The molecule has 4 aromatic rings. The Hall–Kier alpha value is -3.52. The molecule has 1 N–H and O–H groups in total. The van der Waals surface area contributed by atoms with Gasteiger partial charge in [-0.25, -0.2) is 0 Å². The fraction of sp³-hybridized carbons (Fsp3) is 0.136.